The smallest absolute Gasteiger partial charge is 0.255 e. The third-order valence-electron chi connectivity index (χ3n) is 5.40. The summed E-state index contributed by atoms with van der Waals surface area (Å²) in [5.74, 6) is -0.446. The number of carbonyl (C=O) groups is 2. The van der Waals surface area contributed by atoms with Crippen molar-refractivity contribution in [2.24, 2.45) is 5.92 Å². The van der Waals surface area contributed by atoms with Crippen LogP contribution in [0.1, 0.15) is 51.9 Å². The van der Waals surface area contributed by atoms with Crippen molar-refractivity contribution in [3.63, 3.8) is 0 Å². The number of nitrogens with zero attached hydrogens (tertiary/aromatic N) is 1. The summed E-state index contributed by atoms with van der Waals surface area (Å²) in [6.45, 7) is 1.06. The third kappa shape index (κ3) is 2.23. The zero-order valence-corrected chi connectivity index (χ0v) is 12.3. The molecule has 4 nitrogen and oxygen atoms in total. The lowest BCUT2D eigenvalue weighted by atomic mass is 9.74. The van der Waals surface area contributed by atoms with Gasteiger partial charge in [-0.15, -0.1) is 0 Å². The number of hydrogen-bond acceptors (Lipinski definition) is 2. The minimum atomic E-state index is -2.61. The van der Waals surface area contributed by atoms with E-state index in [1.807, 2.05) is 0 Å². The predicted octanol–water partition coefficient (Wildman–Crippen LogP) is 2.08. The van der Waals surface area contributed by atoms with Crippen LogP contribution in [0.5, 0.6) is 0 Å². The summed E-state index contributed by atoms with van der Waals surface area (Å²) in [7, 11) is 0. The molecule has 0 bridgehead atoms. The lowest BCUT2D eigenvalue weighted by Crippen LogP contribution is -2.76. The van der Waals surface area contributed by atoms with Crippen molar-refractivity contribution in [1.29, 1.82) is 0 Å². The molecule has 1 unspecified atom stereocenters. The highest BCUT2D eigenvalue weighted by Gasteiger charge is 2.61. The first-order valence-electron chi connectivity index (χ1n) is 7.83. The topological polar surface area (TPSA) is 49.4 Å². The maximum Gasteiger partial charge on any atom is 0.255 e. The molecule has 6 heteroatoms. The van der Waals surface area contributed by atoms with Gasteiger partial charge in [-0.25, -0.2) is 8.78 Å². The van der Waals surface area contributed by atoms with Crippen LogP contribution >= 0.6 is 0 Å². The Bertz CT molecular complexity index is 459. The molecule has 0 aromatic carbocycles. The Morgan fingerprint density at radius 3 is 2.38 bits per heavy atom. The van der Waals surface area contributed by atoms with Crippen LogP contribution in [0.25, 0.3) is 0 Å². The molecule has 1 spiro atoms. The van der Waals surface area contributed by atoms with E-state index in [1.54, 1.807) is 6.92 Å². The van der Waals surface area contributed by atoms with E-state index in [0.717, 1.165) is 32.1 Å². The number of piperazine rings is 1. The summed E-state index contributed by atoms with van der Waals surface area (Å²) in [4.78, 5) is 26.8. The molecule has 1 saturated heterocycles. The lowest BCUT2D eigenvalue weighted by molar-refractivity contribution is -0.169. The molecule has 3 aliphatic rings. The molecule has 2 saturated carbocycles. The number of halogens is 2. The van der Waals surface area contributed by atoms with Crippen molar-refractivity contribution >= 4 is 11.8 Å². The van der Waals surface area contributed by atoms with Gasteiger partial charge in [0.2, 0.25) is 11.8 Å². The van der Waals surface area contributed by atoms with Crippen molar-refractivity contribution in [2.45, 2.75) is 69.4 Å². The molecule has 2 aliphatic carbocycles. The Kier molecular flexibility index (Phi) is 3.45. The molecular weight excluding hydrogens is 278 g/mol. The molecule has 0 radical (unpaired) electrons. The largest absolute Gasteiger partial charge is 0.340 e. The Labute approximate surface area is 123 Å². The zero-order chi connectivity index (χ0) is 15.3. The molecular formula is C15H22F2N2O2. The second kappa shape index (κ2) is 4.92. The van der Waals surface area contributed by atoms with E-state index >= 15 is 0 Å². The van der Waals surface area contributed by atoms with E-state index in [9.17, 15) is 18.4 Å². The minimum Gasteiger partial charge on any atom is -0.340 e. The molecule has 0 aromatic rings. The van der Waals surface area contributed by atoms with Crippen molar-refractivity contribution in [2.75, 3.05) is 6.54 Å². The fourth-order valence-electron chi connectivity index (χ4n) is 3.97. The van der Waals surface area contributed by atoms with Gasteiger partial charge in [-0.1, -0.05) is 19.3 Å². The van der Waals surface area contributed by atoms with Crippen LogP contribution < -0.4 is 5.32 Å². The SMILES string of the molecule is CC1(C2CC2)NC(=O)C2(CCCCC2)N(CC(F)F)C1=O. The Balaban J connectivity index is 1.96. The van der Waals surface area contributed by atoms with E-state index in [2.05, 4.69) is 5.32 Å². The quantitative estimate of drug-likeness (QED) is 0.867. The normalized spacial score (nSPS) is 32.7. The van der Waals surface area contributed by atoms with Gasteiger partial charge in [0.1, 0.15) is 11.1 Å². The van der Waals surface area contributed by atoms with Crippen LogP contribution in [-0.2, 0) is 9.59 Å². The summed E-state index contributed by atoms with van der Waals surface area (Å²) in [5, 5.41) is 2.89. The average Bonchev–Trinajstić information content (AvgIpc) is 3.28. The summed E-state index contributed by atoms with van der Waals surface area (Å²) in [6.07, 6.45) is 2.74. The monoisotopic (exact) mass is 300 g/mol. The van der Waals surface area contributed by atoms with Gasteiger partial charge in [-0.05, 0) is 38.5 Å². The summed E-state index contributed by atoms with van der Waals surface area (Å²) >= 11 is 0. The van der Waals surface area contributed by atoms with Crippen LogP contribution in [0.4, 0.5) is 8.78 Å². The highest BCUT2D eigenvalue weighted by Crippen LogP contribution is 2.46. The Morgan fingerprint density at radius 2 is 1.86 bits per heavy atom. The van der Waals surface area contributed by atoms with Gasteiger partial charge < -0.3 is 10.2 Å². The van der Waals surface area contributed by atoms with Crippen molar-refractivity contribution in [1.82, 2.24) is 10.2 Å². The van der Waals surface area contributed by atoms with Gasteiger partial charge in [0.05, 0.1) is 6.54 Å². The molecule has 3 rings (SSSR count). The molecule has 1 heterocycles. The Morgan fingerprint density at radius 1 is 1.24 bits per heavy atom. The molecule has 1 N–H and O–H groups in total. The highest BCUT2D eigenvalue weighted by molar-refractivity contribution is 6.02. The van der Waals surface area contributed by atoms with Crippen LogP contribution in [0.2, 0.25) is 0 Å². The zero-order valence-electron chi connectivity index (χ0n) is 12.3. The first-order valence-corrected chi connectivity index (χ1v) is 7.83. The van der Waals surface area contributed by atoms with Crippen molar-refractivity contribution < 1.29 is 18.4 Å². The minimum absolute atomic E-state index is 0.0927. The molecule has 1 atom stereocenters. The summed E-state index contributed by atoms with van der Waals surface area (Å²) in [5.41, 5.74) is -2.03. The van der Waals surface area contributed by atoms with Crippen LogP contribution in [0, 0.1) is 5.92 Å². The number of nitrogens with one attached hydrogen (secondary N) is 1. The van der Waals surface area contributed by atoms with Gasteiger partial charge in [-0.3, -0.25) is 9.59 Å². The fraction of sp³-hybridized carbons (Fsp3) is 0.867. The molecule has 0 aromatic heterocycles. The van der Waals surface area contributed by atoms with Crippen LogP contribution in [-0.4, -0.2) is 40.8 Å². The van der Waals surface area contributed by atoms with Gasteiger partial charge in [-0.2, -0.15) is 0 Å². The first-order chi connectivity index (χ1) is 9.90. The average molecular weight is 300 g/mol. The standard InChI is InChI=1S/C15H22F2N2O2/c1-14(10-5-6-10)13(21)19(9-11(16)17)15(12(20)18-14)7-3-2-4-8-15/h10-11H,2-9H2,1H3,(H,18,20). The number of rotatable bonds is 3. The number of hydrogen-bond donors (Lipinski definition) is 1. The first kappa shape index (κ1) is 14.7. The van der Waals surface area contributed by atoms with E-state index in [1.165, 1.54) is 4.90 Å². The third-order valence-corrected chi connectivity index (χ3v) is 5.40. The number of carbonyl (C=O) groups excluding carboxylic acids is 2. The molecule has 21 heavy (non-hydrogen) atoms. The molecule has 3 fully saturated rings. The van der Waals surface area contributed by atoms with Crippen molar-refractivity contribution in [3.05, 3.63) is 0 Å². The van der Waals surface area contributed by atoms with Crippen LogP contribution in [0.3, 0.4) is 0 Å². The second-order valence-electron chi connectivity index (χ2n) is 6.83. The second-order valence-corrected chi connectivity index (χ2v) is 6.83. The fourth-order valence-corrected chi connectivity index (χ4v) is 3.97. The van der Waals surface area contributed by atoms with E-state index < -0.39 is 24.0 Å². The van der Waals surface area contributed by atoms with Gasteiger partial charge >= 0.3 is 0 Å². The van der Waals surface area contributed by atoms with Gasteiger partial charge in [0, 0.05) is 0 Å². The van der Waals surface area contributed by atoms with E-state index in [0.29, 0.717) is 12.8 Å². The summed E-state index contributed by atoms with van der Waals surface area (Å²) in [6, 6.07) is 0. The highest BCUT2D eigenvalue weighted by atomic mass is 19.3. The maximum atomic E-state index is 13.0. The van der Waals surface area contributed by atoms with Crippen LogP contribution in [0.15, 0.2) is 0 Å². The molecule has 2 amide bonds. The maximum absolute atomic E-state index is 13.0. The number of alkyl halides is 2. The summed E-state index contributed by atoms with van der Waals surface area (Å²) < 4.78 is 26.0. The number of amides is 2. The Hall–Kier alpha value is -1.20. The molecule has 118 valence electrons. The van der Waals surface area contributed by atoms with E-state index in [-0.39, 0.29) is 17.7 Å². The van der Waals surface area contributed by atoms with Crippen molar-refractivity contribution in [3.8, 4) is 0 Å². The predicted molar refractivity (Wildman–Crippen MR) is 72.8 cm³/mol. The van der Waals surface area contributed by atoms with E-state index in [4.69, 9.17) is 0 Å². The lowest BCUT2D eigenvalue weighted by Gasteiger charge is -2.53. The molecule has 1 aliphatic heterocycles. The van der Waals surface area contributed by atoms with Gasteiger partial charge in [0.25, 0.3) is 6.43 Å². The van der Waals surface area contributed by atoms with Gasteiger partial charge in [0.15, 0.2) is 0 Å².